The minimum absolute atomic E-state index is 0.438. The fourth-order valence-corrected chi connectivity index (χ4v) is 3.62. The third-order valence-electron chi connectivity index (χ3n) is 4.34. The van der Waals surface area contributed by atoms with Crippen LogP contribution in [0.3, 0.4) is 0 Å². The molecule has 2 rings (SSSR count). The maximum atomic E-state index is 5.02. The first kappa shape index (κ1) is 15.7. The number of anilines is 1. The van der Waals surface area contributed by atoms with Gasteiger partial charge in [0.15, 0.2) is 0 Å². The van der Waals surface area contributed by atoms with Crippen LogP contribution in [0, 0.1) is 11.3 Å². The highest BCUT2D eigenvalue weighted by Crippen LogP contribution is 2.42. The van der Waals surface area contributed by atoms with Gasteiger partial charge in [0.2, 0.25) is 5.13 Å². The van der Waals surface area contributed by atoms with Gasteiger partial charge in [-0.2, -0.15) is 4.37 Å². The van der Waals surface area contributed by atoms with Crippen LogP contribution in [0.2, 0.25) is 0 Å². The molecule has 1 aromatic rings. The molecule has 0 aromatic carbocycles. The molecular weight excluding hydrogens is 270 g/mol. The summed E-state index contributed by atoms with van der Waals surface area (Å²) in [5.41, 5.74) is 0.438. The summed E-state index contributed by atoms with van der Waals surface area (Å²) in [6.45, 7) is 8.57. The molecule has 114 valence electrons. The Bertz CT molecular complexity index is 405. The van der Waals surface area contributed by atoms with Crippen LogP contribution in [0.1, 0.15) is 58.2 Å². The molecule has 1 aliphatic carbocycles. The number of rotatable bonds is 5. The first-order chi connectivity index (χ1) is 9.50. The van der Waals surface area contributed by atoms with Crippen molar-refractivity contribution in [2.24, 2.45) is 11.3 Å². The molecule has 0 radical (unpaired) electrons. The smallest absolute Gasteiger partial charge is 0.202 e. The van der Waals surface area contributed by atoms with Gasteiger partial charge in [-0.3, -0.25) is 0 Å². The van der Waals surface area contributed by atoms with E-state index in [1.807, 2.05) is 0 Å². The van der Waals surface area contributed by atoms with Crippen molar-refractivity contribution in [3.8, 4) is 0 Å². The van der Waals surface area contributed by atoms with E-state index in [9.17, 15) is 0 Å². The molecule has 4 nitrogen and oxygen atoms in total. The van der Waals surface area contributed by atoms with Gasteiger partial charge in [-0.25, -0.2) is 4.98 Å². The lowest BCUT2D eigenvalue weighted by Crippen LogP contribution is -2.25. The van der Waals surface area contributed by atoms with E-state index in [0.717, 1.165) is 23.4 Å². The van der Waals surface area contributed by atoms with Crippen LogP contribution in [0.4, 0.5) is 5.13 Å². The van der Waals surface area contributed by atoms with E-state index < -0.39 is 0 Å². The van der Waals surface area contributed by atoms with Gasteiger partial charge < -0.3 is 10.1 Å². The number of ether oxygens (including phenoxy) is 1. The summed E-state index contributed by atoms with van der Waals surface area (Å²) in [5, 5.41) is 4.18. The number of methoxy groups -OCH3 is 1. The van der Waals surface area contributed by atoms with Crippen molar-refractivity contribution >= 4 is 16.7 Å². The van der Waals surface area contributed by atoms with Crippen molar-refractivity contribution in [2.75, 3.05) is 25.6 Å². The standard InChI is InChI=1S/C15H27N3OS/c1-15(2,3)12-7-5-11(6-8-12)13-17-14(20-18-13)16-9-10-19-4/h11-12H,5-10H2,1-4H3,(H,16,17,18). The summed E-state index contributed by atoms with van der Waals surface area (Å²) in [5.74, 6) is 2.45. The van der Waals surface area contributed by atoms with Crippen LogP contribution in [0.15, 0.2) is 0 Å². The zero-order chi connectivity index (χ0) is 14.6. The zero-order valence-electron chi connectivity index (χ0n) is 13.1. The van der Waals surface area contributed by atoms with E-state index >= 15 is 0 Å². The van der Waals surface area contributed by atoms with Crippen molar-refractivity contribution in [3.05, 3.63) is 5.82 Å². The lowest BCUT2D eigenvalue weighted by atomic mass is 9.70. The molecule has 0 unspecified atom stereocenters. The summed E-state index contributed by atoms with van der Waals surface area (Å²) in [4.78, 5) is 4.63. The monoisotopic (exact) mass is 297 g/mol. The number of hydrogen-bond acceptors (Lipinski definition) is 5. The van der Waals surface area contributed by atoms with Gasteiger partial charge in [0.05, 0.1) is 6.61 Å². The minimum Gasteiger partial charge on any atom is -0.383 e. The fraction of sp³-hybridized carbons (Fsp3) is 0.867. The Balaban J connectivity index is 1.84. The number of aromatic nitrogens is 2. The van der Waals surface area contributed by atoms with E-state index in [0.29, 0.717) is 17.9 Å². The van der Waals surface area contributed by atoms with Gasteiger partial charge in [0.1, 0.15) is 5.82 Å². The number of hydrogen-bond donors (Lipinski definition) is 1. The van der Waals surface area contributed by atoms with Crippen LogP contribution in [-0.2, 0) is 4.74 Å². The Morgan fingerprint density at radius 2 is 1.95 bits per heavy atom. The predicted octanol–water partition coefficient (Wildman–Crippen LogP) is 3.92. The third kappa shape index (κ3) is 4.16. The van der Waals surface area contributed by atoms with Gasteiger partial charge in [-0.1, -0.05) is 20.8 Å². The number of nitrogens with one attached hydrogen (secondary N) is 1. The van der Waals surface area contributed by atoms with E-state index in [-0.39, 0.29) is 0 Å². The van der Waals surface area contributed by atoms with Crippen molar-refractivity contribution in [2.45, 2.75) is 52.4 Å². The van der Waals surface area contributed by atoms with Gasteiger partial charge in [0, 0.05) is 31.1 Å². The maximum Gasteiger partial charge on any atom is 0.202 e. The molecule has 5 heteroatoms. The molecule has 0 bridgehead atoms. The van der Waals surface area contributed by atoms with Crippen LogP contribution in [-0.4, -0.2) is 29.6 Å². The van der Waals surface area contributed by atoms with Crippen LogP contribution in [0.25, 0.3) is 0 Å². The third-order valence-corrected chi connectivity index (χ3v) is 5.03. The van der Waals surface area contributed by atoms with Gasteiger partial charge in [-0.15, -0.1) is 0 Å². The lowest BCUT2D eigenvalue weighted by Gasteiger charge is -2.36. The summed E-state index contributed by atoms with van der Waals surface area (Å²) >= 11 is 1.47. The highest BCUT2D eigenvalue weighted by molar-refractivity contribution is 7.09. The van der Waals surface area contributed by atoms with Crippen LogP contribution in [0.5, 0.6) is 0 Å². The SMILES string of the molecule is COCCNc1nc(C2CCC(C(C)(C)C)CC2)ns1. The largest absolute Gasteiger partial charge is 0.383 e. The zero-order valence-corrected chi connectivity index (χ0v) is 13.9. The average molecular weight is 297 g/mol. The second-order valence-electron chi connectivity index (χ2n) is 6.79. The maximum absolute atomic E-state index is 5.02. The van der Waals surface area contributed by atoms with Gasteiger partial charge in [0.25, 0.3) is 0 Å². The van der Waals surface area contributed by atoms with Crippen LogP contribution >= 0.6 is 11.5 Å². The van der Waals surface area contributed by atoms with E-state index in [4.69, 9.17) is 4.74 Å². The topological polar surface area (TPSA) is 47.0 Å². The molecule has 1 aliphatic rings. The molecule has 0 amide bonds. The number of nitrogens with zero attached hydrogens (tertiary/aromatic N) is 2. The highest BCUT2D eigenvalue weighted by Gasteiger charge is 2.31. The lowest BCUT2D eigenvalue weighted by molar-refractivity contribution is 0.167. The predicted molar refractivity (Wildman–Crippen MR) is 84.4 cm³/mol. The highest BCUT2D eigenvalue weighted by atomic mass is 32.1. The summed E-state index contributed by atoms with van der Waals surface area (Å²) in [6, 6.07) is 0. The molecule has 1 N–H and O–H groups in total. The van der Waals surface area contributed by atoms with Crippen molar-refractivity contribution in [1.82, 2.24) is 9.36 Å². The molecule has 1 aromatic heterocycles. The minimum atomic E-state index is 0.438. The molecule has 0 saturated heterocycles. The first-order valence-corrected chi connectivity index (χ1v) is 8.34. The van der Waals surface area contributed by atoms with E-state index in [1.165, 1.54) is 37.2 Å². The molecule has 0 atom stereocenters. The molecule has 1 saturated carbocycles. The second kappa shape index (κ2) is 6.85. The Labute approximate surface area is 126 Å². The Morgan fingerprint density at radius 1 is 1.25 bits per heavy atom. The Morgan fingerprint density at radius 3 is 2.55 bits per heavy atom. The molecule has 20 heavy (non-hydrogen) atoms. The second-order valence-corrected chi connectivity index (χ2v) is 7.54. The molecule has 1 fully saturated rings. The average Bonchev–Trinajstić information content (AvgIpc) is 2.87. The first-order valence-electron chi connectivity index (χ1n) is 7.57. The van der Waals surface area contributed by atoms with Gasteiger partial charge >= 0.3 is 0 Å². The molecular formula is C15H27N3OS. The molecule has 0 spiro atoms. The molecule has 0 aliphatic heterocycles. The normalized spacial score (nSPS) is 23.8. The van der Waals surface area contributed by atoms with Crippen LogP contribution < -0.4 is 5.32 Å². The van der Waals surface area contributed by atoms with E-state index in [2.05, 4.69) is 35.4 Å². The van der Waals surface area contributed by atoms with Crippen molar-refractivity contribution in [3.63, 3.8) is 0 Å². The fourth-order valence-electron chi connectivity index (χ4n) is 2.95. The Kier molecular flexibility index (Phi) is 5.38. The Hall–Kier alpha value is -0.680. The quantitative estimate of drug-likeness (QED) is 0.837. The summed E-state index contributed by atoms with van der Waals surface area (Å²) in [7, 11) is 1.71. The van der Waals surface area contributed by atoms with Crippen molar-refractivity contribution in [1.29, 1.82) is 0 Å². The van der Waals surface area contributed by atoms with Crippen molar-refractivity contribution < 1.29 is 4.74 Å². The van der Waals surface area contributed by atoms with Gasteiger partial charge in [-0.05, 0) is 37.0 Å². The molecule has 1 heterocycles. The van der Waals surface area contributed by atoms with E-state index in [1.54, 1.807) is 7.11 Å². The summed E-state index contributed by atoms with van der Waals surface area (Å²) in [6.07, 6.45) is 5.08. The summed E-state index contributed by atoms with van der Waals surface area (Å²) < 4.78 is 9.56.